The molecule has 0 bridgehead atoms. The van der Waals surface area contributed by atoms with Gasteiger partial charge in [-0.2, -0.15) is 24.9 Å². The highest BCUT2D eigenvalue weighted by Crippen LogP contribution is 2.42. The van der Waals surface area contributed by atoms with Gasteiger partial charge in [-0.1, -0.05) is 32.6 Å². The molecule has 0 N–H and O–H groups in total. The van der Waals surface area contributed by atoms with Gasteiger partial charge in [0.2, 0.25) is 0 Å². The van der Waals surface area contributed by atoms with Crippen LogP contribution >= 0.6 is 23.5 Å². The zero-order chi connectivity index (χ0) is 20.4. The maximum Gasteiger partial charge on any atom is 0.416 e. The lowest BCUT2D eigenvalue weighted by molar-refractivity contribution is -0.400. The summed E-state index contributed by atoms with van der Waals surface area (Å²) in [5.74, 6) is 1.86. The number of alkyl halides is 3. The summed E-state index contributed by atoms with van der Waals surface area (Å²) in [4.78, 5) is 19.9. The second-order valence-corrected chi connectivity index (χ2v) is 8.06. The number of thioether (sulfide) groups is 2. The fraction of sp³-hybridized carbons (Fsp3) is 0.625. The molecule has 0 fully saturated rings. The van der Waals surface area contributed by atoms with Crippen molar-refractivity contribution in [2.45, 2.75) is 50.1 Å². The molecule has 0 aliphatic carbocycles. The molecule has 0 unspecified atom stereocenters. The highest BCUT2D eigenvalue weighted by Gasteiger charge is 2.37. The van der Waals surface area contributed by atoms with Gasteiger partial charge in [0.15, 0.2) is 4.90 Å². The lowest BCUT2D eigenvalue weighted by Gasteiger charge is -2.09. The summed E-state index contributed by atoms with van der Waals surface area (Å²) in [6, 6.07) is 0.715. The molecule has 0 heterocycles. The Morgan fingerprint density at radius 1 is 0.926 bits per heavy atom. The second kappa shape index (κ2) is 11.4. The molecule has 152 valence electrons. The second-order valence-electron chi connectivity index (χ2n) is 5.73. The van der Waals surface area contributed by atoms with E-state index in [1.165, 1.54) is 12.8 Å². The third kappa shape index (κ3) is 7.96. The smallest absolute Gasteiger partial charge is 0.258 e. The van der Waals surface area contributed by atoms with Crippen molar-refractivity contribution in [2.24, 2.45) is 0 Å². The van der Waals surface area contributed by atoms with Gasteiger partial charge >= 0.3 is 6.18 Å². The number of nitro benzene ring substituents is 2. The third-order valence-electron chi connectivity index (χ3n) is 3.64. The zero-order valence-electron chi connectivity index (χ0n) is 14.8. The summed E-state index contributed by atoms with van der Waals surface area (Å²) in [5.41, 5.74) is -3.16. The van der Waals surface area contributed by atoms with Crippen molar-refractivity contribution in [3.8, 4) is 0 Å². The lowest BCUT2D eigenvalue weighted by Crippen LogP contribution is -2.08. The number of halogens is 3. The van der Waals surface area contributed by atoms with Gasteiger partial charge in [-0.15, -0.1) is 11.8 Å². The quantitative estimate of drug-likeness (QED) is 0.168. The molecule has 0 atom stereocenters. The average molecular weight is 426 g/mol. The monoisotopic (exact) mass is 426 g/mol. The molecule has 0 aliphatic heterocycles. The normalized spacial score (nSPS) is 11.6. The molecule has 6 nitrogen and oxygen atoms in total. The van der Waals surface area contributed by atoms with Gasteiger partial charge in [0.05, 0.1) is 15.4 Å². The van der Waals surface area contributed by atoms with Crippen LogP contribution in [-0.2, 0) is 6.18 Å². The van der Waals surface area contributed by atoms with Crippen molar-refractivity contribution in [3.05, 3.63) is 37.9 Å². The molecular weight excluding hydrogens is 405 g/mol. The summed E-state index contributed by atoms with van der Waals surface area (Å²) in [6.07, 6.45) is 0.818. The van der Waals surface area contributed by atoms with Gasteiger partial charge < -0.3 is 0 Å². The number of nitrogens with zero attached hydrogens (tertiary/aromatic N) is 2. The number of hydrogen-bond donors (Lipinski definition) is 0. The largest absolute Gasteiger partial charge is 0.416 e. The van der Waals surface area contributed by atoms with Crippen molar-refractivity contribution >= 4 is 34.9 Å². The Hall–Kier alpha value is -1.49. The van der Waals surface area contributed by atoms with E-state index in [0.29, 0.717) is 23.6 Å². The molecule has 0 radical (unpaired) electrons. The Balaban J connectivity index is 2.76. The van der Waals surface area contributed by atoms with Crippen LogP contribution in [0.15, 0.2) is 17.0 Å². The molecule has 27 heavy (non-hydrogen) atoms. The molecule has 0 aliphatic rings. The predicted molar refractivity (Wildman–Crippen MR) is 102 cm³/mol. The number of rotatable bonds is 12. The van der Waals surface area contributed by atoms with Crippen molar-refractivity contribution in [1.29, 1.82) is 0 Å². The highest BCUT2D eigenvalue weighted by molar-refractivity contribution is 8.03. The van der Waals surface area contributed by atoms with Crippen molar-refractivity contribution in [3.63, 3.8) is 0 Å². The molecular formula is C16H21F3N2O4S2. The maximum atomic E-state index is 12.9. The Labute approximate surface area is 163 Å². The first-order valence-corrected chi connectivity index (χ1v) is 10.6. The van der Waals surface area contributed by atoms with Crippen molar-refractivity contribution in [2.75, 3.05) is 17.3 Å². The first-order chi connectivity index (χ1) is 12.7. The SMILES string of the molecule is CCCCCCCSCCSc1c([N+](=O)[O-])cc(C(F)(F)F)cc1[N+](=O)[O-]. The topological polar surface area (TPSA) is 86.3 Å². The molecule has 0 saturated heterocycles. The van der Waals surface area contributed by atoms with Gasteiger partial charge in [-0.3, -0.25) is 20.2 Å². The average Bonchev–Trinajstić information content (AvgIpc) is 2.58. The van der Waals surface area contributed by atoms with Crippen LogP contribution in [0, 0.1) is 20.2 Å². The first kappa shape index (κ1) is 23.5. The summed E-state index contributed by atoms with van der Waals surface area (Å²) < 4.78 is 38.6. The lowest BCUT2D eigenvalue weighted by atomic mass is 10.1. The number of nitro groups is 2. The maximum absolute atomic E-state index is 12.9. The van der Waals surface area contributed by atoms with Crippen LogP contribution in [0.5, 0.6) is 0 Å². The fourth-order valence-electron chi connectivity index (χ4n) is 2.29. The number of hydrogen-bond acceptors (Lipinski definition) is 6. The summed E-state index contributed by atoms with van der Waals surface area (Å²) >= 11 is 2.48. The van der Waals surface area contributed by atoms with Crippen LogP contribution in [0.1, 0.15) is 44.6 Å². The predicted octanol–water partition coefficient (Wildman–Crippen LogP) is 6.32. The molecule has 0 spiro atoms. The standard InChI is InChI=1S/C16H21F3N2O4S2/c1-2-3-4-5-6-7-26-8-9-27-15-13(20(22)23)10-12(16(17,18)19)11-14(15)21(24)25/h10-11H,2-9H2,1H3. The van der Waals surface area contributed by atoms with Crippen LogP contribution in [0.4, 0.5) is 24.5 Å². The number of unbranched alkanes of at least 4 members (excludes halogenated alkanes) is 4. The highest BCUT2D eigenvalue weighted by atomic mass is 32.2. The number of benzene rings is 1. The Morgan fingerprint density at radius 3 is 1.96 bits per heavy atom. The van der Waals surface area contributed by atoms with E-state index in [1.807, 2.05) is 0 Å². The van der Waals surface area contributed by atoms with E-state index >= 15 is 0 Å². The first-order valence-electron chi connectivity index (χ1n) is 8.43. The fourth-order valence-corrected chi connectivity index (χ4v) is 4.48. The van der Waals surface area contributed by atoms with Gasteiger partial charge in [-0.25, -0.2) is 0 Å². The van der Waals surface area contributed by atoms with Crippen LogP contribution in [0.2, 0.25) is 0 Å². The van der Waals surface area contributed by atoms with E-state index in [4.69, 9.17) is 0 Å². The Morgan fingerprint density at radius 2 is 1.48 bits per heavy atom. The Kier molecular flexibility index (Phi) is 9.92. The van der Waals surface area contributed by atoms with Gasteiger partial charge in [0.1, 0.15) is 0 Å². The minimum Gasteiger partial charge on any atom is -0.258 e. The molecule has 1 aromatic rings. The molecule has 11 heteroatoms. The van der Waals surface area contributed by atoms with Gasteiger partial charge in [0, 0.05) is 23.6 Å². The van der Waals surface area contributed by atoms with Crippen LogP contribution in [0.25, 0.3) is 0 Å². The van der Waals surface area contributed by atoms with Crippen LogP contribution < -0.4 is 0 Å². The molecule has 0 saturated carbocycles. The minimum atomic E-state index is -4.90. The van der Waals surface area contributed by atoms with Gasteiger partial charge in [0.25, 0.3) is 11.4 Å². The summed E-state index contributed by atoms with van der Waals surface area (Å²) in [7, 11) is 0. The molecule has 0 aromatic heterocycles. The van der Waals surface area contributed by atoms with E-state index < -0.39 is 33.0 Å². The van der Waals surface area contributed by atoms with E-state index in [-0.39, 0.29) is 4.90 Å². The molecule has 0 amide bonds. The van der Waals surface area contributed by atoms with E-state index in [2.05, 4.69) is 6.92 Å². The van der Waals surface area contributed by atoms with Gasteiger partial charge in [-0.05, 0) is 12.2 Å². The van der Waals surface area contributed by atoms with Crippen LogP contribution in [-0.4, -0.2) is 27.1 Å². The van der Waals surface area contributed by atoms with E-state index in [9.17, 15) is 33.4 Å². The summed E-state index contributed by atoms with van der Waals surface area (Å²) in [6.45, 7) is 2.13. The van der Waals surface area contributed by atoms with E-state index in [0.717, 1.165) is 36.8 Å². The van der Waals surface area contributed by atoms with Crippen molar-refractivity contribution in [1.82, 2.24) is 0 Å². The van der Waals surface area contributed by atoms with Crippen molar-refractivity contribution < 1.29 is 23.0 Å². The molecule has 1 rings (SSSR count). The Bertz CT molecular complexity index is 622. The van der Waals surface area contributed by atoms with Crippen LogP contribution in [0.3, 0.4) is 0 Å². The zero-order valence-corrected chi connectivity index (χ0v) is 16.4. The molecule has 1 aromatic carbocycles. The third-order valence-corrected chi connectivity index (χ3v) is 6.08. The van der Waals surface area contributed by atoms with E-state index in [1.54, 1.807) is 11.8 Å². The summed E-state index contributed by atoms with van der Waals surface area (Å²) in [5, 5.41) is 22.3. The minimum absolute atomic E-state index is 0.332.